The van der Waals surface area contributed by atoms with E-state index < -0.39 is 10.0 Å². The first-order chi connectivity index (χ1) is 10.8. The van der Waals surface area contributed by atoms with Crippen LogP contribution in [0.4, 0.5) is 0 Å². The molecule has 0 aliphatic carbocycles. The lowest BCUT2D eigenvalue weighted by Crippen LogP contribution is -2.31. The molecule has 2 aromatic carbocycles. The fourth-order valence-corrected chi connectivity index (χ4v) is 3.83. The standard InChI is InChI=1S/C17H20ClNO3S/c1-13-8-9-17(15(18)12-13)23(20,21)19(3)10-11-22-16-7-5-4-6-14(16)2/h4-9,12H,10-11H2,1-3H3. The van der Waals surface area contributed by atoms with Gasteiger partial charge in [0.2, 0.25) is 10.0 Å². The van der Waals surface area contributed by atoms with E-state index in [1.807, 2.05) is 38.1 Å². The van der Waals surface area contributed by atoms with Crippen molar-refractivity contribution in [3.8, 4) is 5.75 Å². The fraction of sp³-hybridized carbons (Fsp3) is 0.294. The molecular formula is C17H20ClNO3S. The van der Waals surface area contributed by atoms with Gasteiger partial charge < -0.3 is 4.74 Å². The van der Waals surface area contributed by atoms with Crippen LogP contribution in [0.25, 0.3) is 0 Å². The summed E-state index contributed by atoms with van der Waals surface area (Å²) in [5, 5.41) is 0.233. The Bertz CT molecular complexity index is 790. The summed E-state index contributed by atoms with van der Waals surface area (Å²) in [7, 11) is -2.11. The monoisotopic (exact) mass is 353 g/mol. The van der Waals surface area contributed by atoms with E-state index in [4.69, 9.17) is 16.3 Å². The lowest BCUT2D eigenvalue weighted by molar-refractivity contribution is 0.285. The third-order valence-electron chi connectivity index (χ3n) is 3.53. The Hall–Kier alpha value is -1.56. The lowest BCUT2D eigenvalue weighted by Gasteiger charge is -2.19. The van der Waals surface area contributed by atoms with Gasteiger partial charge in [0.25, 0.3) is 0 Å². The quantitative estimate of drug-likeness (QED) is 0.796. The van der Waals surface area contributed by atoms with E-state index in [0.717, 1.165) is 16.9 Å². The zero-order valence-corrected chi connectivity index (χ0v) is 15.0. The van der Waals surface area contributed by atoms with Gasteiger partial charge in [0.1, 0.15) is 17.3 Å². The van der Waals surface area contributed by atoms with E-state index in [-0.39, 0.29) is 23.1 Å². The first kappa shape index (κ1) is 17.8. The van der Waals surface area contributed by atoms with Crippen molar-refractivity contribution >= 4 is 21.6 Å². The molecule has 124 valence electrons. The minimum atomic E-state index is -3.63. The molecule has 2 aromatic rings. The Morgan fingerprint density at radius 3 is 2.48 bits per heavy atom. The number of benzene rings is 2. The first-order valence-corrected chi connectivity index (χ1v) is 9.05. The summed E-state index contributed by atoms with van der Waals surface area (Å²) in [6.07, 6.45) is 0. The summed E-state index contributed by atoms with van der Waals surface area (Å²) in [5.74, 6) is 0.756. The normalized spacial score (nSPS) is 11.7. The highest BCUT2D eigenvalue weighted by molar-refractivity contribution is 7.89. The van der Waals surface area contributed by atoms with Gasteiger partial charge in [-0.15, -0.1) is 0 Å². The molecule has 0 aliphatic rings. The number of nitrogens with zero attached hydrogens (tertiary/aromatic N) is 1. The second kappa shape index (κ2) is 7.34. The second-order valence-electron chi connectivity index (χ2n) is 5.37. The van der Waals surface area contributed by atoms with Crippen molar-refractivity contribution in [2.75, 3.05) is 20.2 Å². The molecule has 4 nitrogen and oxygen atoms in total. The molecule has 0 fully saturated rings. The number of hydrogen-bond acceptors (Lipinski definition) is 3. The molecular weight excluding hydrogens is 334 g/mol. The molecule has 0 atom stereocenters. The Balaban J connectivity index is 2.04. The maximum Gasteiger partial charge on any atom is 0.244 e. The fourth-order valence-electron chi connectivity index (χ4n) is 2.11. The van der Waals surface area contributed by atoms with E-state index in [2.05, 4.69) is 0 Å². The topological polar surface area (TPSA) is 46.6 Å². The predicted molar refractivity (Wildman–Crippen MR) is 92.7 cm³/mol. The molecule has 6 heteroatoms. The van der Waals surface area contributed by atoms with Crippen LogP contribution >= 0.6 is 11.6 Å². The van der Waals surface area contributed by atoms with Gasteiger partial charge >= 0.3 is 0 Å². The Morgan fingerprint density at radius 1 is 1.13 bits per heavy atom. The summed E-state index contributed by atoms with van der Waals surface area (Å²) >= 11 is 6.07. The van der Waals surface area contributed by atoms with Crippen LogP contribution in [0.2, 0.25) is 5.02 Å². The van der Waals surface area contributed by atoms with Crippen LogP contribution in [-0.4, -0.2) is 32.9 Å². The summed E-state index contributed by atoms with van der Waals surface area (Å²) in [4.78, 5) is 0.114. The lowest BCUT2D eigenvalue weighted by atomic mass is 10.2. The zero-order chi connectivity index (χ0) is 17.0. The number of ether oxygens (including phenoxy) is 1. The smallest absolute Gasteiger partial charge is 0.244 e. The van der Waals surface area contributed by atoms with Gasteiger partial charge in [-0.2, -0.15) is 4.31 Å². The molecule has 23 heavy (non-hydrogen) atoms. The van der Waals surface area contributed by atoms with Crippen LogP contribution in [0.1, 0.15) is 11.1 Å². The molecule has 0 heterocycles. The average Bonchev–Trinajstić information content (AvgIpc) is 2.48. The summed E-state index contributed by atoms with van der Waals surface area (Å²) < 4.78 is 32.0. The van der Waals surface area contributed by atoms with Crippen LogP contribution < -0.4 is 4.74 Å². The third kappa shape index (κ3) is 4.25. The first-order valence-electron chi connectivity index (χ1n) is 7.23. The van der Waals surface area contributed by atoms with Crippen molar-refractivity contribution in [1.29, 1.82) is 0 Å². The molecule has 0 radical (unpaired) electrons. The number of hydrogen-bond donors (Lipinski definition) is 0. The number of likely N-dealkylation sites (N-methyl/N-ethyl adjacent to an activating group) is 1. The van der Waals surface area contributed by atoms with Gasteiger partial charge in [0.15, 0.2) is 0 Å². The summed E-state index contributed by atoms with van der Waals surface area (Å²) in [5.41, 5.74) is 1.93. The predicted octanol–water partition coefficient (Wildman–Crippen LogP) is 3.66. The van der Waals surface area contributed by atoms with Gasteiger partial charge in [-0.05, 0) is 43.2 Å². The van der Waals surface area contributed by atoms with Gasteiger partial charge in [-0.3, -0.25) is 0 Å². The SMILES string of the molecule is Cc1ccc(S(=O)(=O)N(C)CCOc2ccccc2C)c(Cl)c1. The molecule has 2 rings (SSSR count). The number of sulfonamides is 1. The number of aryl methyl sites for hydroxylation is 2. The largest absolute Gasteiger partial charge is 0.492 e. The molecule has 0 unspecified atom stereocenters. The zero-order valence-electron chi connectivity index (χ0n) is 13.4. The van der Waals surface area contributed by atoms with Crippen LogP contribution in [0, 0.1) is 13.8 Å². The van der Waals surface area contributed by atoms with Crippen molar-refractivity contribution in [2.45, 2.75) is 18.7 Å². The average molecular weight is 354 g/mol. The minimum Gasteiger partial charge on any atom is -0.492 e. The van der Waals surface area contributed by atoms with E-state index in [1.165, 1.54) is 17.4 Å². The molecule has 0 saturated carbocycles. The maximum absolute atomic E-state index is 12.6. The highest BCUT2D eigenvalue weighted by Gasteiger charge is 2.23. The third-order valence-corrected chi connectivity index (χ3v) is 5.87. The Labute approximate surface area is 142 Å². The van der Waals surface area contributed by atoms with Crippen LogP contribution in [0.15, 0.2) is 47.4 Å². The molecule has 0 bridgehead atoms. The minimum absolute atomic E-state index is 0.114. The molecule has 0 aromatic heterocycles. The van der Waals surface area contributed by atoms with Crippen molar-refractivity contribution in [3.05, 3.63) is 58.6 Å². The van der Waals surface area contributed by atoms with Gasteiger partial charge in [-0.25, -0.2) is 8.42 Å². The van der Waals surface area contributed by atoms with Crippen molar-refractivity contribution < 1.29 is 13.2 Å². The molecule has 0 spiro atoms. The van der Waals surface area contributed by atoms with E-state index in [9.17, 15) is 8.42 Å². The number of rotatable bonds is 6. The number of halogens is 1. The van der Waals surface area contributed by atoms with Gasteiger partial charge in [0.05, 0.1) is 5.02 Å². The van der Waals surface area contributed by atoms with Gasteiger partial charge in [-0.1, -0.05) is 35.9 Å². The Kier molecular flexibility index (Phi) is 5.68. The summed E-state index contributed by atoms with van der Waals surface area (Å²) in [6.45, 7) is 4.31. The molecule has 0 saturated heterocycles. The van der Waals surface area contributed by atoms with Crippen molar-refractivity contribution in [2.24, 2.45) is 0 Å². The second-order valence-corrected chi connectivity index (χ2v) is 7.79. The van der Waals surface area contributed by atoms with E-state index >= 15 is 0 Å². The molecule has 0 N–H and O–H groups in total. The Morgan fingerprint density at radius 2 is 1.83 bits per heavy atom. The maximum atomic E-state index is 12.6. The summed E-state index contributed by atoms with van der Waals surface area (Å²) in [6, 6.07) is 12.5. The molecule has 0 amide bonds. The molecule has 0 aliphatic heterocycles. The van der Waals surface area contributed by atoms with Gasteiger partial charge in [0, 0.05) is 13.6 Å². The van der Waals surface area contributed by atoms with E-state index in [1.54, 1.807) is 12.1 Å². The van der Waals surface area contributed by atoms with Crippen molar-refractivity contribution in [3.63, 3.8) is 0 Å². The van der Waals surface area contributed by atoms with Crippen LogP contribution in [0.3, 0.4) is 0 Å². The number of para-hydroxylation sites is 1. The van der Waals surface area contributed by atoms with Crippen molar-refractivity contribution in [1.82, 2.24) is 4.31 Å². The van der Waals surface area contributed by atoms with Crippen LogP contribution in [0.5, 0.6) is 5.75 Å². The highest BCUT2D eigenvalue weighted by Crippen LogP contribution is 2.25. The van der Waals surface area contributed by atoms with E-state index in [0.29, 0.717) is 0 Å². The highest BCUT2D eigenvalue weighted by atomic mass is 35.5. The van der Waals surface area contributed by atoms with Crippen LogP contribution in [-0.2, 0) is 10.0 Å².